The molecule has 5 unspecified atom stereocenters. The molecule has 0 bridgehead atoms. The minimum absolute atomic E-state index is 0.159. The van der Waals surface area contributed by atoms with Crippen LogP contribution in [0.1, 0.15) is 37.2 Å². The maximum absolute atomic E-state index is 13.3. The molecule has 2 saturated heterocycles. The summed E-state index contributed by atoms with van der Waals surface area (Å²) in [6.07, 6.45) is 1.72. The first kappa shape index (κ1) is 22.5. The first-order valence-electron chi connectivity index (χ1n) is 11.0. The zero-order chi connectivity index (χ0) is 23.7. The molecular weight excluding hydrogens is 456 g/mol. The Kier molecular flexibility index (Phi) is 5.18. The van der Waals surface area contributed by atoms with Crippen molar-refractivity contribution in [3.63, 3.8) is 0 Å². The lowest BCUT2D eigenvalue weighted by atomic mass is 9.88. The number of sulfone groups is 1. The van der Waals surface area contributed by atoms with Gasteiger partial charge in [-0.2, -0.15) is 0 Å². The molecule has 0 aromatic heterocycles. The van der Waals surface area contributed by atoms with E-state index < -0.39 is 58.3 Å². The molecule has 2 aliphatic heterocycles. The molecule has 5 atom stereocenters. The van der Waals surface area contributed by atoms with Crippen molar-refractivity contribution in [3.8, 4) is 0 Å². The summed E-state index contributed by atoms with van der Waals surface area (Å²) in [5, 5.41) is 10.3. The molecule has 0 spiro atoms. The van der Waals surface area contributed by atoms with E-state index in [4.69, 9.17) is 0 Å². The number of hydrogen-bond acceptors (Lipinski definition) is 7. The van der Waals surface area contributed by atoms with Crippen molar-refractivity contribution in [2.24, 2.45) is 11.8 Å². The maximum atomic E-state index is 13.3. The standard InChI is InChI=1S/C21H27F2N5O4S/c1-28-20(30)17-14(8-16(25-18(17)27-28)26-19(29)12-9-21(12,22)23)24-13-6-5-11(10-3-4-10)7-15(13)33(2,31)32/h5-7,10,12,14,16-18,24-25,27H,3-4,8-9H2,1-2H3,(H,26,29). The lowest BCUT2D eigenvalue weighted by Gasteiger charge is -2.38. The number of hydrazine groups is 1. The number of nitrogens with one attached hydrogen (secondary N) is 4. The lowest BCUT2D eigenvalue weighted by molar-refractivity contribution is -0.131. The Morgan fingerprint density at radius 3 is 2.58 bits per heavy atom. The summed E-state index contributed by atoms with van der Waals surface area (Å²) in [4.78, 5) is 25.2. The summed E-state index contributed by atoms with van der Waals surface area (Å²) in [6.45, 7) is 0. The van der Waals surface area contributed by atoms with E-state index >= 15 is 0 Å². The lowest BCUT2D eigenvalue weighted by Crippen LogP contribution is -2.63. The van der Waals surface area contributed by atoms with E-state index in [1.54, 1.807) is 19.2 Å². The Labute approximate surface area is 190 Å². The smallest absolute Gasteiger partial charge is 0.260 e. The summed E-state index contributed by atoms with van der Waals surface area (Å²) in [5.41, 5.74) is 4.33. The van der Waals surface area contributed by atoms with Gasteiger partial charge in [0, 0.05) is 32.2 Å². The number of amides is 2. The molecule has 12 heteroatoms. The third kappa shape index (κ3) is 4.31. The van der Waals surface area contributed by atoms with Gasteiger partial charge in [0.15, 0.2) is 9.84 Å². The molecule has 5 rings (SSSR count). The maximum Gasteiger partial charge on any atom is 0.260 e. The number of nitrogens with zero attached hydrogens (tertiary/aromatic N) is 1. The van der Waals surface area contributed by atoms with Crippen LogP contribution in [0.15, 0.2) is 23.1 Å². The van der Waals surface area contributed by atoms with Gasteiger partial charge in [-0.3, -0.25) is 19.9 Å². The highest BCUT2D eigenvalue weighted by molar-refractivity contribution is 7.90. The van der Waals surface area contributed by atoms with Gasteiger partial charge >= 0.3 is 0 Å². The SMILES string of the molecule is CN1NC2NC(NC(=O)C3CC3(F)F)CC(Nc3ccc(C4CC4)cc3S(C)(=O)=O)C2C1=O. The molecule has 0 radical (unpaired) electrons. The van der Waals surface area contributed by atoms with Crippen molar-refractivity contribution in [1.29, 1.82) is 0 Å². The van der Waals surface area contributed by atoms with E-state index in [9.17, 15) is 26.8 Å². The Balaban J connectivity index is 1.40. The molecule has 2 heterocycles. The number of halogens is 2. The van der Waals surface area contributed by atoms with Crippen LogP contribution in [-0.4, -0.2) is 62.8 Å². The van der Waals surface area contributed by atoms with Crippen molar-refractivity contribution in [2.75, 3.05) is 18.6 Å². The molecule has 4 aliphatic rings. The average molecular weight is 484 g/mol. The van der Waals surface area contributed by atoms with Crippen LogP contribution in [0, 0.1) is 11.8 Å². The normalized spacial score (nSPS) is 32.9. The van der Waals surface area contributed by atoms with Gasteiger partial charge in [-0.1, -0.05) is 6.07 Å². The van der Waals surface area contributed by atoms with Gasteiger partial charge in [-0.15, -0.1) is 0 Å². The van der Waals surface area contributed by atoms with E-state index in [2.05, 4.69) is 21.4 Å². The highest BCUT2D eigenvalue weighted by Crippen LogP contribution is 2.48. The van der Waals surface area contributed by atoms with Gasteiger partial charge < -0.3 is 10.6 Å². The number of anilines is 1. The Morgan fingerprint density at radius 1 is 1.27 bits per heavy atom. The fourth-order valence-corrected chi connectivity index (χ4v) is 5.68. The fraction of sp³-hybridized carbons (Fsp3) is 0.619. The molecule has 4 N–H and O–H groups in total. The molecule has 9 nitrogen and oxygen atoms in total. The van der Waals surface area contributed by atoms with Crippen molar-refractivity contribution >= 4 is 27.3 Å². The van der Waals surface area contributed by atoms with Gasteiger partial charge in [0.25, 0.3) is 5.92 Å². The zero-order valence-corrected chi connectivity index (χ0v) is 19.1. The number of carbonyl (C=O) groups excluding carboxylic acids is 2. The predicted molar refractivity (Wildman–Crippen MR) is 115 cm³/mol. The number of rotatable bonds is 6. The van der Waals surface area contributed by atoms with Crippen molar-refractivity contribution < 1.29 is 26.8 Å². The first-order valence-corrected chi connectivity index (χ1v) is 12.9. The van der Waals surface area contributed by atoms with E-state index in [1.165, 1.54) is 5.01 Å². The summed E-state index contributed by atoms with van der Waals surface area (Å²) in [7, 11) is -1.98. The van der Waals surface area contributed by atoms with E-state index in [0.717, 1.165) is 24.7 Å². The number of fused-ring (bicyclic) bond motifs is 1. The van der Waals surface area contributed by atoms with Crippen molar-refractivity contribution in [2.45, 2.75) is 60.8 Å². The third-order valence-electron chi connectivity index (χ3n) is 6.87. The van der Waals surface area contributed by atoms with Gasteiger partial charge in [0.1, 0.15) is 5.92 Å². The number of carbonyl (C=O) groups is 2. The molecule has 1 aromatic carbocycles. The topological polar surface area (TPSA) is 120 Å². The number of alkyl halides is 2. The second-order valence-electron chi connectivity index (χ2n) is 9.56. The monoisotopic (exact) mass is 483 g/mol. The largest absolute Gasteiger partial charge is 0.380 e. The van der Waals surface area contributed by atoms with Gasteiger partial charge in [-0.05, 0) is 36.5 Å². The molecular formula is C21H27F2N5O4S. The van der Waals surface area contributed by atoms with Crippen LogP contribution in [0.25, 0.3) is 0 Å². The van der Waals surface area contributed by atoms with E-state index in [-0.39, 0.29) is 17.2 Å². The Hall–Kier alpha value is -2.31. The average Bonchev–Trinajstić information content (AvgIpc) is 3.62. The molecule has 180 valence electrons. The van der Waals surface area contributed by atoms with Crippen LogP contribution >= 0.6 is 0 Å². The Morgan fingerprint density at radius 2 is 1.97 bits per heavy atom. The molecule has 2 amide bonds. The van der Waals surface area contributed by atoms with Crippen LogP contribution in [-0.2, 0) is 19.4 Å². The van der Waals surface area contributed by atoms with Gasteiger partial charge in [0.2, 0.25) is 11.8 Å². The summed E-state index contributed by atoms with van der Waals surface area (Å²) < 4.78 is 51.7. The summed E-state index contributed by atoms with van der Waals surface area (Å²) in [6, 6.07) is 4.75. The molecule has 2 aliphatic carbocycles. The van der Waals surface area contributed by atoms with Crippen LogP contribution in [0.5, 0.6) is 0 Å². The van der Waals surface area contributed by atoms with Crippen molar-refractivity contribution in [3.05, 3.63) is 23.8 Å². The second-order valence-corrected chi connectivity index (χ2v) is 11.5. The number of piperidine rings is 1. The highest BCUT2D eigenvalue weighted by Gasteiger charge is 2.61. The predicted octanol–water partition coefficient (Wildman–Crippen LogP) is 0.758. The van der Waals surface area contributed by atoms with Crippen molar-refractivity contribution in [1.82, 2.24) is 21.1 Å². The van der Waals surface area contributed by atoms with Gasteiger partial charge in [-0.25, -0.2) is 22.6 Å². The van der Waals surface area contributed by atoms with E-state index in [1.807, 2.05) is 6.07 Å². The summed E-state index contributed by atoms with van der Waals surface area (Å²) in [5.74, 6) is -5.46. The minimum Gasteiger partial charge on any atom is -0.380 e. The van der Waals surface area contributed by atoms with Crippen LogP contribution in [0.4, 0.5) is 14.5 Å². The fourth-order valence-electron chi connectivity index (χ4n) is 4.80. The highest BCUT2D eigenvalue weighted by atomic mass is 32.2. The second kappa shape index (κ2) is 7.60. The molecule has 4 fully saturated rings. The first-order chi connectivity index (χ1) is 15.4. The third-order valence-corrected chi connectivity index (χ3v) is 8.00. The molecule has 33 heavy (non-hydrogen) atoms. The molecule has 2 saturated carbocycles. The minimum atomic E-state index is -3.55. The van der Waals surface area contributed by atoms with Gasteiger partial charge in [0.05, 0.1) is 28.8 Å². The number of hydrogen-bond donors (Lipinski definition) is 4. The van der Waals surface area contributed by atoms with Crippen LogP contribution in [0.2, 0.25) is 0 Å². The van der Waals surface area contributed by atoms with Crippen LogP contribution < -0.4 is 21.4 Å². The number of benzene rings is 1. The molecule has 1 aromatic rings. The van der Waals surface area contributed by atoms with Crippen LogP contribution in [0.3, 0.4) is 0 Å². The van der Waals surface area contributed by atoms with E-state index in [0.29, 0.717) is 11.6 Å². The quantitative estimate of drug-likeness (QED) is 0.472. The zero-order valence-electron chi connectivity index (χ0n) is 18.3. The summed E-state index contributed by atoms with van der Waals surface area (Å²) >= 11 is 0. The Bertz CT molecular complexity index is 1110.